The summed E-state index contributed by atoms with van der Waals surface area (Å²) < 4.78 is 16.7. The van der Waals surface area contributed by atoms with Crippen molar-refractivity contribution < 1.29 is 29.0 Å². The molecule has 0 saturated heterocycles. The average molecular weight is 376 g/mol. The van der Waals surface area contributed by atoms with Gasteiger partial charge in [0, 0.05) is 23.2 Å². The molecule has 5 nitrogen and oxygen atoms in total. The van der Waals surface area contributed by atoms with Gasteiger partial charge in [0.2, 0.25) is 0 Å². The third-order valence-corrected chi connectivity index (χ3v) is 8.31. The predicted molar refractivity (Wildman–Crippen MR) is 94.5 cm³/mol. The topological polar surface area (TPSA) is 91.7 Å². The van der Waals surface area contributed by atoms with Crippen molar-refractivity contribution in [2.24, 2.45) is 28.6 Å². The second-order valence-electron chi connectivity index (χ2n) is 9.30. The summed E-state index contributed by atoms with van der Waals surface area (Å²) in [6.45, 7) is 4.95. The van der Waals surface area contributed by atoms with Gasteiger partial charge in [-0.25, -0.2) is 9.18 Å². The summed E-state index contributed by atoms with van der Waals surface area (Å²) in [4.78, 5) is 37.0. The van der Waals surface area contributed by atoms with Crippen molar-refractivity contribution in [3.8, 4) is 0 Å². The summed E-state index contributed by atoms with van der Waals surface area (Å²) in [5, 5.41) is 20.8. The molecule has 27 heavy (non-hydrogen) atoms. The fraction of sp³-hybridized carbons (Fsp3) is 0.667. The first-order valence-corrected chi connectivity index (χ1v) is 9.55. The van der Waals surface area contributed by atoms with Gasteiger partial charge in [0.05, 0.1) is 0 Å². The van der Waals surface area contributed by atoms with Crippen molar-refractivity contribution in [3.63, 3.8) is 0 Å². The monoisotopic (exact) mass is 376 g/mol. The molecule has 4 aliphatic carbocycles. The lowest BCUT2D eigenvalue weighted by atomic mass is 9.45. The van der Waals surface area contributed by atoms with Gasteiger partial charge in [0.1, 0.15) is 0 Å². The highest BCUT2D eigenvalue weighted by Crippen LogP contribution is 2.69. The number of carboxylic acids is 1. The van der Waals surface area contributed by atoms with Crippen molar-refractivity contribution in [2.45, 2.75) is 57.7 Å². The van der Waals surface area contributed by atoms with Crippen LogP contribution in [0.3, 0.4) is 0 Å². The molecule has 0 heterocycles. The number of carboxylic acid groups (broad SMARTS) is 1. The molecule has 3 fully saturated rings. The molecule has 2 unspecified atom stereocenters. The Kier molecular flexibility index (Phi) is 3.54. The molecule has 146 valence electrons. The van der Waals surface area contributed by atoms with E-state index in [2.05, 4.69) is 0 Å². The largest absolute Gasteiger partial charge is 0.479 e. The van der Waals surface area contributed by atoms with Crippen LogP contribution in [0.1, 0.15) is 46.5 Å². The number of allylic oxidation sites excluding steroid dienone is 4. The Labute approximate surface area is 157 Å². The highest BCUT2D eigenvalue weighted by atomic mass is 19.1. The van der Waals surface area contributed by atoms with E-state index in [9.17, 15) is 24.6 Å². The fourth-order valence-corrected chi connectivity index (χ4v) is 6.73. The summed E-state index contributed by atoms with van der Waals surface area (Å²) in [5.74, 6) is -3.88. The van der Waals surface area contributed by atoms with Crippen LogP contribution in [0, 0.1) is 28.6 Å². The summed E-state index contributed by atoms with van der Waals surface area (Å²) in [5.41, 5.74) is -6.02. The Bertz CT molecular complexity index is 830. The molecular weight excluding hydrogens is 351 g/mol. The molecule has 0 radical (unpaired) electrons. The van der Waals surface area contributed by atoms with Gasteiger partial charge in [0.25, 0.3) is 0 Å². The van der Waals surface area contributed by atoms with E-state index >= 15 is 4.39 Å². The SMILES string of the molecule is C[C@H]1CC2C3CCC4=CC(=O)C=C[C@]4(C)[C@@]3(F)C(=O)C[C@]2(C)[C@@]1(O)C(=O)O. The summed E-state index contributed by atoms with van der Waals surface area (Å²) in [7, 11) is 0. The van der Waals surface area contributed by atoms with Gasteiger partial charge in [0.15, 0.2) is 22.8 Å². The van der Waals surface area contributed by atoms with Crippen LogP contribution in [-0.2, 0) is 14.4 Å². The van der Waals surface area contributed by atoms with Gasteiger partial charge < -0.3 is 10.2 Å². The van der Waals surface area contributed by atoms with Crippen LogP contribution in [0.25, 0.3) is 0 Å². The lowest BCUT2D eigenvalue weighted by molar-refractivity contribution is -0.196. The highest BCUT2D eigenvalue weighted by molar-refractivity contribution is 6.02. The molecule has 4 aliphatic rings. The number of aliphatic carboxylic acids is 1. The van der Waals surface area contributed by atoms with Crippen LogP contribution in [-0.4, -0.2) is 39.0 Å². The summed E-state index contributed by atoms with van der Waals surface area (Å²) in [6, 6.07) is 0. The van der Waals surface area contributed by atoms with Crippen LogP contribution in [0.2, 0.25) is 0 Å². The number of carbonyl (C=O) groups is 3. The average Bonchev–Trinajstić information content (AvgIpc) is 2.79. The van der Waals surface area contributed by atoms with Gasteiger partial charge in [-0.15, -0.1) is 0 Å². The Hall–Kier alpha value is -1.82. The standard InChI is InChI=1S/C21H25FO5/c1-11-8-15-14-5-4-12-9-13(23)6-7-18(12,2)20(14,22)16(24)10-19(15,3)21(11,27)17(25)26/h6-7,9,11,14-15,27H,4-5,8,10H2,1-3H3,(H,25,26)/t11-,14?,15?,18-,19-,20-,21-/m0/s1. The summed E-state index contributed by atoms with van der Waals surface area (Å²) in [6.07, 6.45) is 5.17. The number of hydrogen-bond donors (Lipinski definition) is 2. The van der Waals surface area contributed by atoms with E-state index in [1.165, 1.54) is 18.2 Å². The first-order valence-electron chi connectivity index (χ1n) is 9.55. The van der Waals surface area contributed by atoms with Crippen LogP contribution in [0.15, 0.2) is 23.8 Å². The van der Waals surface area contributed by atoms with E-state index in [1.54, 1.807) is 20.8 Å². The number of ketones is 2. The van der Waals surface area contributed by atoms with Gasteiger partial charge in [-0.2, -0.15) is 0 Å². The van der Waals surface area contributed by atoms with Gasteiger partial charge in [-0.3, -0.25) is 9.59 Å². The number of hydrogen-bond acceptors (Lipinski definition) is 4. The number of Topliss-reactive ketones (excluding diaryl/α,β-unsaturated/α-hetero) is 1. The van der Waals surface area contributed by atoms with Crippen LogP contribution >= 0.6 is 0 Å². The zero-order chi connectivity index (χ0) is 20.0. The third kappa shape index (κ3) is 1.85. The van der Waals surface area contributed by atoms with Crippen molar-refractivity contribution >= 4 is 17.5 Å². The smallest absolute Gasteiger partial charge is 0.336 e. The molecular formula is C21H25FO5. The highest BCUT2D eigenvalue weighted by Gasteiger charge is 2.76. The Balaban J connectivity index is 1.87. The first kappa shape index (κ1) is 18.5. The Morgan fingerprint density at radius 1 is 1.26 bits per heavy atom. The Morgan fingerprint density at radius 3 is 2.56 bits per heavy atom. The summed E-state index contributed by atoms with van der Waals surface area (Å²) >= 11 is 0. The van der Waals surface area contributed by atoms with E-state index in [0.717, 1.165) is 0 Å². The van der Waals surface area contributed by atoms with Crippen molar-refractivity contribution in [1.29, 1.82) is 0 Å². The van der Waals surface area contributed by atoms with E-state index < -0.39 is 51.6 Å². The molecule has 6 heteroatoms. The second-order valence-corrected chi connectivity index (χ2v) is 9.30. The minimum atomic E-state index is -2.19. The van der Waals surface area contributed by atoms with Crippen molar-refractivity contribution in [1.82, 2.24) is 0 Å². The van der Waals surface area contributed by atoms with Crippen LogP contribution in [0.4, 0.5) is 4.39 Å². The molecule has 0 amide bonds. The van der Waals surface area contributed by atoms with E-state index in [4.69, 9.17) is 0 Å². The fourth-order valence-electron chi connectivity index (χ4n) is 6.73. The number of rotatable bonds is 1. The van der Waals surface area contributed by atoms with Gasteiger partial charge in [-0.1, -0.05) is 25.5 Å². The van der Waals surface area contributed by atoms with Gasteiger partial charge in [-0.05, 0) is 50.2 Å². The number of fused-ring (bicyclic) bond motifs is 5. The normalized spacial score (nSPS) is 51.3. The maximum atomic E-state index is 16.7. The predicted octanol–water partition coefficient (Wildman–Crippen LogP) is 2.63. The molecule has 7 atom stereocenters. The van der Waals surface area contributed by atoms with Crippen molar-refractivity contribution in [3.05, 3.63) is 23.8 Å². The molecule has 0 aromatic carbocycles. The van der Waals surface area contributed by atoms with Crippen LogP contribution < -0.4 is 0 Å². The van der Waals surface area contributed by atoms with E-state index in [0.29, 0.717) is 24.8 Å². The lowest BCUT2D eigenvalue weighted by Gasteiger charge is -2.59. The molecule has 3 saturated carbocycles. The molecule has 0 aliphatic heterocycles. The number of halogens is 1. The second kappa shape index (κ2) is 5.16. The van der Waals surface area contributed by atoms with E-state index in [1.807, 2.05) is 0 Å². The zero-order valence-electron chi connectivity index (χ0n) is 15.8. The maximum absolute atomic E-state index is 16.7. The minimum Gasteiger partial charge on any atom is -0.479 e. The molecule has 0 spiro atoms. The number of aliphatic hydroxyl groups is 1. The molecule has 0 bridgehead atoms. The molecule has 0 aromatic rings. The van der Waals surface area contributed by atoms with Crippen molar-refractivity contribution in [2.75, 3.05) is 0 Å². The number of alkyl halides is 1. The lowest BCUT2D eigenvalue weighted by Crippen LogP contribution is -2.67. The zero-order valence-corrected chi connectivity index (χ0v) is 15.8. The van der Waals surface area contributed by atoms with Gasteiger partial charge >= 0.3 is 5.97 Å². The third-order valence-electron chi connectivity index (χ3n) is 8.31. The van der Waals surface area contributed by atoms with Crippen LogP contribution in [0.5, 0.6) is 0 Å². The minimum absolute atomic E-state index is 0.202. The quantitative estimate of drug-likeness (QED) is 0.734. The molecule has 4 rings (SSSR count). The molecule has 0 aromatic heterocycles. The first-order chi connectivity index (χ1) is 12.4. The van der Waals surface area contributed by atoms with E-state index in [-0.39, 0.29) is 12.2 Å². The number of carbonyl (C=O) groups excluding carboxylic acids is 2. The molecule has 2 N–H and O–H groups in total. The Morgan fingerprint density at radius 2 is 1.93 bits per heavy atom. The maximum Gasteiger partial charge on any atom is 0.336 e.